The number of carbonyl (C=O) groups is 2. The van der Waals surface area contributed by atoms with E-state index in [9.17, 15) is 9.59 Å². The van der Waals surface area contributed by atoms with Gasteiger partial charge in [0, 0.05) is 36.6 Å². The van der Waals surface area contributed by atoms with Gasteiger partial charge in [0.05, 0.1) is 11.4 Å². The second-order valence-electron chi connectivity index (χ2n) is 6.57. The van der Waals surface area contributed by atoms with Crippen molar-refractivity contribution in [3.05, 3.63) is 69.8 Å². The number of hydrogen-bond acceptors (Lipinski definition) is 4. The molecule has 2 heterocycles. The van der Waals surface area contributed by atoms with E-state index in [1.54, 1.807) is 33.4 Å². The van der Waals surface area contributed by atoms with Gasteiger partial charge in [-0.15, -0.1) is 0 Å². The Morgan fingerprint density at radius 3 is 1.23 bits per heavy atom. The van der Waals surface area contributed by atoms with Crippen LogP contribution in [0.3, 0.4) is 0 Å². The minimum Gasteiger partial charge on any atom is -0.328 e. The third-order valence-electron chi connectivity index (χ3n) is 5.05. The minimum absolute atomic E-state index is 0.161. The molecule has 6 heteroatoms. The fourth-order valence-electron chi connectivity index (χ4n) is 2.87. The van der Waals surface area contributed by atoms with Crippen molar-refractivity contribution in [2.75, 3.05) is 0 Å². The van der Waals surface area contributed by atoms with E-state index < -0.39 is 0 Å². The van der Waals surface area contributed by atoms with Crippen molar-refractivity contribution in [1.82, 2.24) is 19.1 Å². The third-order valence-corrected chi connectivity index (χ3v) is 5.05. The van der Waals surface area contributed by atoms with Gasteiger partial charge >= 0.3 is 0 Å². The van der Waals surface area contributed by atoms with Crippen molar-refractivity contribution in [2.24, 2.45) is 14.1 Å². The maximum atomic E-state index is 12.7. The summed E-state index contributed by atoms with van der Waals surface area (Å²) in [6.07, 6.45) is 0. The normalized spacial score (nSPS) is 11.0. The quantitative estimate of drug-likeness (QED) is 0.679. The van der Waals surface area contributed by atoms with E-state index in [-0.39, 0.29) is 11.6 Å². The van der Waals surface area contributed by atoms with Gasteiger partial charge < -0.3 is 9.13 Å². The third kappa shape index (κ3) is 2.77. The zero-order chi connectivity index (χ0) is 19.2. The lowest BCUT2D eigenvalue weighted by Crippen LogP contribution is -2.12. The Morgan fingerprint density at radius 2 is 1.00 bits per heavy atom. The Labute approximate surface area is 152 Å². The van der Waals surface area contributed by atoms with Crippen molar-refractivity contribution in [2.45, 2.75) is 27.7 Å². The Bertz CT molecular complexity index is 940. The molecule has 0 saturated heterocycles. The van der Waals surface area contributed by atoms with Crippen molar-refractivity contribution >= 4 is 11.6 Å². The van der Waals surface area contributed by atoms with Gasteiger partial charge in [0.1, 0.15) is 0 Å². The van der Waals surface area contributed by atoms with Crippen molar-refractivity contribution in [3.63, 3.8) is 0 Å². The standard InChI is InChI=1S/C20H22N4O2/c1-11-13(3)23(5)19(21-11)17(25)15-7-9-16(10-8-15)18(26)20-22-12(2)14(4)24(20)6/h7-10H,1-6H3. The van der Waals surface area contributed by atoms with Gasteiger partial charge in [0.2, 0.25) is 11.6 Å². The van der Waals surface area contributed by atoms with Crippen LogP contribution in [0, 0.1) is 27.7 Å². The largest absolute Gasteiger partial charge is 0.328 e. The number of imidazole rings is 2. The van der Waals surface area contributed by atoms with Crippen LogP contribution in [0.15, 0.2) is 24.3 Å². The van der Waals surface area contributed by atoms with Gasteiger partial charge in [0.25, 0.3) is 0 Å². The van der Waals surface area contributed by atoms with E-state index in [1.807, 2.05) is 41.8 Å². The number of nitrogens with zero attached hydrogens (tertiary/aromatic N) is 4. The van der Waals surface area contributed by atoms with Crippen LogP contribution in [0.4, 0.5) is 0 Å². The average Bonchev–Trinajstić information content (AvgIpc) is 3.05. The van der Waals surface area contributed by atoms with Crippen molar-refractivity contribution in [1.29, 1.82) is 0 Å². The average molecular weight is 350 g/mol. The molecule has 0 fully saturated rings. The molecule has 0 aliphatic rings. The zero-order valence-electron chi connectivity index (χ0n) is 15.9. The molecule has 3 rings (SSSR count). The molecule has 0 saturated carbocycles. The summed E-state index contributed by atoms with van der Waals surface area (Å²) < 4.78 is 3.58. The van der Waals surface area contributed by atoms with E-state index >= 15 is 0 Å². The Balaban J connectivity index is 1.90. The second-order valence-corrected chi connectivity index (χ2v) is 6.57. The first-order chi connectivity index (χ1) is 12.2. The molecule has 134 valence electrons. The minimum atomic E-state index is -0.161. The first kappa shape index (κ1) is 17.8. The number of aromatic nitrogens is 4. The molecular formula is C20H22N4O2. The molecule has 26 heavy (non-hydrogen) atoms. The van der Waals surface area contributed by atoms with Crippen LogP contribution >= 0.6 is 0 Å². The van der Waals surface area contributed by atoms with E-state index in [0.29, 0.717) is 22.8 Å². The van der Waals surface area contributed by atoms with Gasteiger partial charge in [-0.3, -0.25) is 9.59 Å². The molecule has 0 spiro atoms. The summed E-state index contributed by atoms with van der Waals surface area (Å²) in [5.41, 5.74) is 4.59. The number of rotatable bonds is 4. The van der Waals surface area contributed by atoms with Crippen LogP contribution < -0.4 is 0 Å². The molecule has 0 atom stereocenters. The Morgan fingerprint density at radius 1 is 0.692 bits per heavy atom. The molecule has 2 aromatic heterocycles. The second kappa shape index (κ2) is 6.37. The summed E-state index contributed by atoms with van der Waals surface area (Å²) in [7, 11) is 3.65. The fraction of sp³-hybridized carbons (Fsp3) is 0.300. The molecular weight excluding hydrogens is 328 g/mol. The van der Waals surface area contributed by atoms with Crippen LogP contribution in [0.1, 0.15) is 55.1 Å². The first-order valence-electron chi connectivity index (χ1n) is 8.41. The predicted octanol–water partition coefficient (Wildman–Crippen LogP) is 2.85. The molecule has 0 unspecified atom stereocenters. The molecule has 6 nitrogen and oxygen atoms in total. The van der Waals surface area contributed by atoms with Gasteiger partial charge in [-0.25, -0.2) is 9.97 Å². The first-order valence-corrected chi connectivity index (χ1v) is 8.41. The molecule has 0 radical (unpaired) electrons. The predicted molar refractivity (Wildman–Crippen MR) is 98.7 cm³/mol. The maximum absolute atomic E-state index is 12.7. The summed E-state index contributed by atoms with van der Waals surface area (Å²) in [5.74, 6) is 0.474. The number of carbonyl (C=O) groups excluding carboxylic acids is 2. The number of aryl methyl sites for hydroxylation is 2. The van der Waals surface area contributed by atoms with Crippen LogP contribution in [0.5, 0.6) is 0 Å². The van der Waals surface area contributed by atoms with Crippen molar-refractivity contribution in [3.8, 4) is 0 Å². The summed E-state index contributed by atoms with van der Waals surface area (Å²) in [6.45, 7) is 7.62. The van der Waals surface area contributed by atoms with Crippen LogP contribution in [0.25, 0.3) is 0 Å². The topological polar surface area (TPSA) is 69.8 Å². The van der Waals surface area contributed by atoms with Gasteiger partial charge in [-0.2, -0.15) is 0 Å². The van der Waals surface area contributed by atoms with Crippen LogP contribution in [-0.4, -0.2) is 30.7 Å². The fourth-order valence-corrected chi connectivity index (χ4v) is 2.87. The highest BCUT2D eigenvalue weighted by molar-refractivity contribution is 6.09. The van der Waals surface area contributed by atoms with Crippen LogP contribution in [0.2, 0.25) is 0 Å². The molecule has 0 N–H and O–H groups in total. The van der Waals surface area contributed by atoms with Gasteiger partial charge in [-0.05, 0) is 27.7 Å². The van der Waals surface area contributed by atoms with Gasteiger partial charge in [-0.1, -0.05) is 24.3 Å². The summed E-state index contributed by atoms with van der Waals surface area (Å²) in [5, 5.41) is 0. The molecule has 0 aliphatic heterocycles. The summed E-state index contributed by atoms with van der Waals surface area (Å²) in [6, 6.07) is 6.66. The lowest BCUT2D eigenvalue weighted by molar-refractivity contribution is 0.101. The lowest BCUT2D eigenvalue weighted by Gasteiger charge is -2.05. The highest BCUT2D eigenvalue weighted by atomic mass is 16.1. The molecule has 3 aromatic rings. The maximum Gasteiger partial charge on any atom is 0.228 e. The number of hydrogen-bond donors (Lipinski definition) is 0. The summed E-state index contributed by atoms with van der Waals surface area (Å²) >= 11 is 0. The smallest absolute Gasteiger partial charge is 0.228 e. The molecule has 1 aromatic carbocycles. The number of ketones is 2. The highest BCUT2D eigenvalue weighted by Crippen LogP contribution is 2.16. The van der Waals surface area contributed by atoms with Gasteiger partial charge in [0.15, 0.2) is 11.6 Å². The van der Waals surface area contributed by atoms with E-state index in [1.165, 1.54) is 0 Å². The molecule has 0 aliphatic carbocycles. The SMILES string of the molecule is Cc1nc(C(=O)c2ccc(C(=O)c3nc(C)c(C)n3C)cc2)n(C)c1C. The van der Waals surface area contributed by atoms with Crippen LogP contribution in [-0.2, 0) is 14.1 Å². The van der Waals surface area contributed by atoms with E-state index in [0.717, 1.165) is 22.8 Å². The Kier molecular flexibility index (Phi) is 4.36. The lowest BCUT2D eigenvalue weighted by atomic mass is 10.0. The zero-order valence-corrected chi connectivity index (χ0v) is 15.9. The van der Waals surface area contributed by atoms with Crippen molar-refractivity contribution < 1.29 is 9.59 Å². The molecule has 0 bridgehead atoms. The Hall–Kier alpha value is -3.02. The molecule has 0 amide bonds. The highest BCUT2D eigenvalue weighted by Gasteiger charge is 2.20. The monoisotopic (exact) mass is 350 g/mol. The van der Waals surface area contributed by atoms with E-state index in [2.05, 4.69) is 9.97 Å². The number of benzene rings is 1. The van der Waals surface area contributed by atoms with E-state index in [4.69, 9.17) is 0 Å². The summed E-state index contributed by atoms with van der Waals surface area (Å²) in [4.78, 5) is 34.1.